The fourth-order valence-electron chi connectivity index (χ4n) is 0.288. The molecule has 0 saturated carbocycles. The number of rotatable bonds is 4. The Balaban J connectivity index is -0.0000000485. The second-order valence-electron chi connectivity index (χ2n) is 6.54. The normalized spacial score (nSPS) is 9.03. The van der Waals surface area contributed by atoms with Gasteiger partial charge in [0.05, 0.1) is 0 Å². The largest absolute Gasteiger partial charge is 0.481 e. The van der Waals surface area contributed by atoms with E-state index >= 15 is 0 Å². The maximum Gasteiger partial charge on any atom is 0.323 e. The van der Waals surface area contributed by atoms with Gasteiger partial charge in [-0.1, -0.05) is 0 Å². The molecule has 0 saturated heterocycles. The molecule has 0 aromatic rings. The van der Waals surface area contributed by atoms with Gasteiger partial charge in [0.1, 0.15) is 18.6 Å². The van der Waals surface area contributed by atoms with E-state index in [1.54, 1.807) is 0 Å². The molecule has 39 heavy (non-hydrogen) atoms. The Bertz CT molecular complexity index is 587. The van der Waals surface area contributed by atoms with E-state index in [2.05, 4.69) is 16.4 Å². The molecule has 0 radical (unpaired) electrons. The van der Waals surface area contributed by atoms with Gasteiger partial charge in [0, 0.05) is 27.8 Å². The van der Waals surface area contributed by atoms with Crippen molar-refractivity contribution < 1.29 is 54.3 Å². The zero-order chi connectivity index (χ0) is 33.9. The van der Waals surface area contributed by atoms with Crippen molar-refractivity contribution in [1.82, 2.24) is 15.5 Å². The van der Waals surface area contributed by atoms with Crippen LogP contribution in [0, 0.1) is 5.41 Å². The standard InChI is InChI=1S/C4H9N3O2.2C3H7NO2.C2H5NO.2C2H7N.2C2H4O2/c1-7(4(5)6)2-3(8)9;2*1-2(4)3(5)6;1-2(3)4;2*1-3-2;2*1-2(3)4/h2H2,1H3,(H3,5,6)(H,8,9);2*2H,4H2,1H3,(H,5,6);1H3,(H2,3,4);2*3H,1-2H3;2*1H3,(H,3,4)/t;2*2-;;;;;/m.00...../s1. The average molecular weight is 579 g/mol. The molecule has 0 spiro atoms. The quantitative estimate of drug-likeness (QED) is 0.117. The second-order valence-corrected chi connectivity index (χ2v) is 6.54. The maximum atomic E-state index is 9.92. The predicted molar refractivity (Wildman–Crippen MR) is 146 cm³/mol. The van der Waals surface area contributed by atoms with Crippen molar-refractivity contribution in [2.75, 3.05) is 41.8 Å². The number of carbonyl (C=O) groups excluding carboxylic acids is 1. The number of aliphatic carboxylic acids is 5. The third kappa shape index (κ3) is 243. The van der Waals surface area contributed by atoms with Crippen LogP contribution in [0.25, 0.3) is 0 Å². The zero-order valence-electron chi connectivity index (χ0n) is 24.3. The predicted octanol–water partition coefficient (Wildman–Crippen LogP) is -2.92. The molecule has 19 nitrogen and oxygen atoms in total. The number of nitrogens with two attached hydrogens (primary N) is 4. The van der Waals surface area contributed by atoms with E-state index < -0.39 is 41.9 Å². The smallest absolute Gasteiger partial charge is 0.323 e. The molecule has 16 N–H and O–H groups in total. The van der Waals surface area contributed by atoms with Crippen molar-refractivity contribution in [3.8, 4) is 0 Å². The molecule has 0 fully saturated rings. The van der Waals surface area contributed by atoms with Crippen LogP contribution in [0.3, 0.4) is 0 Å². The number of hydrogen-bond donors (Lipinski definition) is 12. The van der Waals surface area contributed by atoms with Gasteiger partial charge in [0.25, 0.3) is 11.9 Å². The van der Waals surface area contributed by atoms with E-state index in [-0.39, 0.29) is 18.4 Å². The summed E-state index contributed by atoms with van der Waals surface area (Å²) in [5.41, 5.74) is 19.1. The van der Waals surface area contributed by atoms with E-state index in [1.807, 2.05) is 28.2 Å². The molecular formula is C20H50N8O11. The van der Waals surface area contributed by atoms with Gasteiger partial charge in [-0.2, -0.15) is 0 Å². The van der Waals surface area contributed by atoms with Gasteiger partial charge in [0.2, 0.25) is 5.91 Å². The van der Waals surface area contributed by atoms with Crippen molar-refractivity contribution in [3.63, 3.8) is 0 Å². The molecule has 0 aromatic heterocycles. The lowest BCUT2D eigenvalue weighted by atomic mass is 10.4. The number of carbonyl (C=O) groups is 6. The van der Waals surface area contributed by atoms with Crippen LogP contribution in [-0.4, -0.2) is 126 Å². The van der Waals surface area contributed by atoms with E-state index in [1.165, 1.54) is 27.8 Å². The van der Waals surface area contributed by atoms with Crippen molar-refractivity contribution in [2.45, 2.75) is 46.7 Å². The molecule has 0 aliphatic heterocycles. The number of primary amides is 1. The van der Waals surface area contributed by atoms with E-state index in [4.69, 9.17) is 57.7 Å². The van der Waals surface area contributed by atoms with Gasteiger partial charge in [-0.3, -0.25) is 34.2 Å². The number of carboxylic acids is 5. The molecule has 0 aromatic carbocycles. The first kappa shape index (κ1) is 55.4. The summed E-state index contributed by atoms with van der Waals surface area (Å²) >= 11 is 0. The van der Waals surface area contributed by atoms with E-state index in [9.17, 15) is 19.2 Å². The highest BCUT2D eigenvalue weighted by Crippen LogP contribution is 1.76. The minimum absolute atomic E-state index is 0.227. The number of amides is 1. The van der Waals surface area contributed by atoms with Gasteiger partial charge in [0.15, 0.2) is 5.96 Å². The van der Waals surface area contributed by atoms with Crippen molar-refractivity contribution in [1.29, 1.82) is 5.41 Å². The highest BCUT2D eigenvalue weighted by molar-refractivity contribution is 5.80. The average Bonchev–Trinajstić information content (AvgIpc) is 2.68. The van der Waals surface area contributed by atoms with Crippen LogP contribution in [-0.2, 0) is 28.8 Å². The van der Waals surface area contributed by atoms with Gasteiger partial charge in [-0.25, -0.2) is 0 Å². The van der Waals surface area contributed by atoms with Gasteiger partial charge >= 0.3 is 17.9 Å². The third-order valence-electron chi connectivity index (χ3n) is 1.56. The molecule has 2 atom stereocenters. The Morgan fingerprint density at radius 2 is 0.846 bits per heavy atom. The molecule has 0 aliphatic rings. The molecular weight excluding hydrogens is 528 g/mol. The first-order valence-electron chi connectivity index (χ1n) is 10.4. The van der Waals surface area contributed by atoms with Crippen molar-refractivity contribution in [3.05, 3.63) is 0 Å². The first-order chi connectivity index (χ1) is 17.3. The highest BCUT2D eigenvalue weighted by atomic mass is 16.4. The lowest BCUT2D eigenvalue weighted by Crippen LogP contribution is -2.36. The fourth-order valence-corrected chi connectivity index (χ4v) is 0.288. The van der Waals surface area contributed by atoms with Gasteiger partial charge in [-0.05, 0) is 42.0 Å². The topological polar surface area (TPSA) is 359 Å². The number of hydrogen-bond acceptors (Lipinski definition) is 11. The Morgan fingerprint density at radius 1 is 0.718 bits per heavy atom. The Hall–Kier alpha value is -4.07. The summed E-state index contributed by atoms with van der Waals surface area (Å²) in [5, 5.41) is 50.9. The lowest BCUT2D eigenvalue weighted by Gasteiger charge is -2.12. The molecule has 1 amide bonds. The van der Waals surface area contributed by atoms with Gasteiger partial charge in [-0.15, -0.1) is 0 Å². The minimum Gasteiger partial charge on any atom is -0.481 e. The number of carboxylic acid groups (broad SMARTS) is 5. The number of likely N-dealkylation sites (N-methyl/N-ethyl adjacent to an activating group) is 1. The summed E-state index contributed by atoms with van der Waals surface area (Å²) < 4.78 is 0. The monoisotopic (exact) mass is 578 g/mol. The van der Waals surface area contributed by atoms with Gasteiger partial charge < -0.3 is 64.0 Å². The van der Waals surface area contributed by atoms with Crippen LogP contribution in [0.2, 0.25) is 0 Å². The van der Waals surface area contributed by atoms with Crippen LogP contribution in [0.1, 0.15) is 34.6 Å². The number of nitrogens with zero attached hydrogens (tertiary/aromatic N) is 1. The number of nitrogens with one attached hydrogen (secondary N) is 3. The third-order valence-corrected chi connectivity index (χ3v) is 1.56. The summed E-state index contributed by atoms with van der Waals surface area (Å²) in [7, 11) is 8.94. The van der Waals surface area contributed by atoms with Crippen molar-refractivity contribution in [2.24, 2.45) is 22.9 Å². The molecule has 0 aliphatic carbocycles. The summed E-state index contributed by atoms with van der Waals surface area (Å²) in [6, 6.07) is -1.46. The van der Waals surface area contributed by atoms with Crippen LogP contribution < -0.4 is 33.6 Å². The summed E-state index contributed by atoms with van der Waals surface area (Å²) in [6.45, 7) is 6.08. The molecule has 0 bridgehead atoms. The Morgan fingerprint density at radius 3 is 0.872 bits per heavy atom. The zero-order valence-corrected chi connectivity index (χ0v) is 24.3. The lowest BCUT2D eigenvalue weighted by molar-refractivity contribution is -0.139. The molecule has 0 heterocycles. The van der Waals surface area contributed by atoms with Crippen LogP contribution in [0.4, 0.5) is 0 Å². The summed E-state index contributed by atoms with van der Waals surface area (Å²) in [5.74, 6) is -5.16. The Labute approximate surface area is 229 Å². The minimum atomic E-state index is -0.993. The van der Waals surface area contributed by atoms with Crippen LogP contribution in [0.15, 0.2) is 0 Å². The summed E-state index contributed by atoms with van der Waals surface area (Å²) in [4.78, 5) is 57.4. The first-order valence-corrected chi connectivity index (χ1v) is 10.4. The van der Waals surface area contributed by atoms with E-state index in [0.717, 1.165) is 18.7 Å². The summed E-state index contributed by atoms with van der Waals surface area (Å²) in [6.07, 6.45) is 0. The maximum absolute atomic E-state index is 9.92. The second kappa shape index (κ2) is 44.0. The fraction of sp³-hybridized carbons (Fsp3) is 0.650. The Kier molecular flexibility index (Phi) is 62.5. The van der Waals surface area contributed by atoms with Crippen molar-refractivity contribution >= 4 is 41.7 Å². The van der Waals surface area contributed by atoms with E-state index in [0.29, 0.717) is 0 Å². The molecule has 19 heteroatoms. The molecule has 236 valence electrons. The van der Waals surface area contributed by atoms with Crippen LogP contribution >= 0.6 is 0 Å². The van der Waals surface area contributed by atoms with Crippen LogP contribution in [0.5, 0.6) is 0 Å². The SMILES string of the molecule is CC(=O)O.CC(=O)O.CC(N)=O.CN(CC(=O)O)C(=N)N.CNC.CNC.C[C@H](N)C(=O)O.C[C@H](N)C(=O)O. The highest BCUT2D eigenvalue weighted by Gasteiger charge is 2.03. The molecule has 0 rings (SSSR count). The number of guanidine groups is 1. The molecule has 0 unspecified atom stereocenters.